The second-order valence-corrected chi connectivity index (χ2v) is 17.5. The number of ether oxygens (including phenoxy) is 1. The number of carbonyl (C=O) groups excluding carboxylic acids is 5. The molecule has 9 rings (SSSR count). The molecule has 2 atom stereocenters. The molecule has 0 spiro atoms. The van der Waals surface area contributed by atoms with Gasteiger partial charge >= 0.3 is 0 Å². The molecule has 64 heavy (non-hydrogen) atoms. The van der Waals surface area contributed by atoms with Crippen LogP contribution in [0.1, 0.15) is 89.6 Å². The van der Waals surface area contributed by atoms with Gasteiger partial charge in [-0.1, -0.05) is 42.6 Å². The minimum atomic E-state index is -0.611. The number of H-pyrrole nitrogens is 1. The van der Waals surface area contributed by atoms with E-state index in [-0.39, 0.29) is 41.0 Å². The van der Waals surface area contributed by atoms with Gasteiger partial charge in [0.05, 0.1) is 16.0 Å². The molecule has 4 aliphatic rings. The summed E-state index contributed by atoms with van der Waals surface area (Å²) in [6.45, 7) is 6.38. The number of ketones is 1. The number of para-hydroxylation sites is 1. The van der Waals surface area contributed by atoms with E-state index >= 15 is 0 Å². The predicted octanol–water partition coefficient (Wildman–Crippen LogP) is 6.57. The van der Waals surface area contributed by atoms with Crippen molar-refractivity contribution in [3.63, 3.8) is 0 Å². The molecule has 3 aromatic carbocycles. The van der Waals surface area contributed by atoms with E-state index in [1.54, 1.807) is 29.3 Å². The van der Waals surface area contributed by atoms with Crippen molar-refractivity contribution in [1.82, 2.24) is 35.0 Å². The lowest BCUT2D eigenvalue weighted by Gasteiger charge is -2.36. The summed E-state index contributed by atoms with van der Waals surface area (Å²) in [6.07, 6.45) is 9.96. The Hall–Kier alpha value is -6.32. The lowest BCUT2D eigenvalue weighted by molar-refractivity contribution is -0.137. The third-order valence-corrected chi connectivity index (χ3v) is 13.2. The maximum absolute atomic E-state index is 13.9. The second-order valence-electron chi connectivity index (χ2n) is 17.1. The average molecular weight is 886 g/mol. The number of nitrogens with zero attached hydrogens (tertiary/aromatic N) is 6. The number of piperazine rings is 1. The Balaban J connectivity index is 0.700. The van der Waals surface area contributed by atoms with Crippen LogP contribution in [0.4, 0.5) is 11.5 Å². The molecular weight excluding hydrogens is 834 g/mol. The zero-order chi connectivity index (χ0) is 44.2. The summed E-state index contributed by atoms with van der Waals surface area (Å²) < 4.78 is 5.90. The molecule has 4 aliphatic heterocycles. The Morgan fingerprint density at radius 2 is 1.69 bits per heavy atom. The number of aromatic amines is 1. The molecule has 332 valence electrons. The SMILES string of the molecule is O=C1CCC(N2Cc3cc(N4CCN(CCCCCCC(=O)N5CCC[C@@H](Nc6ncnc7[nH]cc(C(=O)c8ccc(Oc9ccccc9)cc8Cl)c67)C5)CC4)ccc3C2=O)C(=O)N1. The Kier molecular flexibility index (Phi) is 12.9. The van der Waals surface area contributed by atoms with Gasteiger partial charge in [0, 0.05) is 93.8 Å². The Labute approximate surface area is 376 Å². The number of aromatic nitrogens is 3. The van der Waals surface area contributed by atoms with Gasteiger partial charge in [-0.05, 0) is 86.7 Å². The number of fused-ring (bicyclic) bond motifs is 2. The molecule has 3 fully saturated rings. The highest BCUT2D eigenvalue weighted by Crippen LogP contribution is 2.33. The second kappa shape index (κ2) is 19.2. The number of piperidine rings is 2. The van der Waals surface area contributed by atoms with Crippen LogP contribution in [0.2, 0.25) is 5.02 Å². The van der Waals surface area contributed by atoms with Crippen molar-refractivity contribution < 1.29 is 28.7 Å². The van der Waals surface area contributed by atoms with Crippen molar-refractivity contribution >= 4 is 63.6 Å². The van der Waals surface area contributed by atoms with Crippen LogP contribution in [0, 0.1) is 0 Å². The third kappa shape index (κ3) is 9.46. The molecule has 0 saturated carbocycles. The van der Waals surface area contributed by atoms with Crippen molar-refractivity contribution in [3.05, 3.63) is 107 Å². The number of halogens is 1. The average Bonchev–Trinajstić information content (AvgIpc) is 3.89. The zero-order valence-electron chi connectivity index (χ0n) is 35.7. The van der Waals surface area contributed by atoms with Crippen molar-refractivity contribution in [2.45, 2.75) is 76.4 Å². The smallest absolute Gasteiger partial charge is 0.255 e. The topological polar surface area (TPSA) is 173 Å². The maximum Gasteiger partial charge on any atom is 0.255 e. The highest BCUT2D eigenvalue weighted by Gasteiger charge is 2.39. The van der Waals surface area contributed by atoms with E-state index in [0.717, 1.165) is 89.0 Å². The van der Waals surface area contributed by atoms with E-state index in [0.29, 0.717) is 71.0 Å². The number of anilines is 2. The van der Waals surface area contributed by atoms with Gasteiger partial charge in [0.15, 0.2) is 5.78 Å². The van der Waals surface area contributed by atoms with E-state index in [9.17, 15) is 24.0 Å². The summed E-state index contributed by atoms with van der Waals surface area (Å²) in [5.74, 6) is 0.802. The standard InChI is InChI=1S/C48H52ClN9O6/c49-39-26-35(64-34-10-4-3-5-11-34)14-16-37(39)44(61)38-27-50-45-43(38)46(52-30-51-45)53-32-9-8-20-57(29-32)42(60)12-6-1-2-7-19-55-21-23-56(24-22-55)33-13-15-36-31(25-33)28-58(48(36)63)40-17-18-41(59)54-47(40)62/h3-5,10-11,13-16,25-27,30,32,40H,1-2,6-9,12,17-24,28-29H2,(H,54,59,62)(H2,50,51,52,53)/t32-,40?/m1/s1. The number of hydrogen-bond acceptors (Lipinski definition) is 11. The number of unbranched alkanes of at least 4 members (excludes halogenated alkanes) is 3. The largest absolute Gasteiger partial charge is 0.457 e. The minimum absolute atomic E-state index is 0.0330. The van der Waals surface area contributed by atoms with Crippen LogP contribution < -0.4 is 20.3 Å². The summed E-state index contributed by atoms with van der Waals surface area (Å²) in [6, 6.07) is 19.7. The monoisotopic (exact) mass is 885 g/mol. The summed E-state index contributed by atoms with van der Waals surface area (Å²) in [5, 5.41) is 6.75. The molecule has 2 aromatic heterocycles. The van der Waals surface area contributed by atoms with E-state index in [1.807, 2.05) is 47.4 Å². The molecule has 0 radical (unpaired) electrons. The summed E-state index contributed by atoms with van der Waals surface area (Å²) in [5.41, 5.74) is 3.92. The van der Waals surface area contributed by atoms with Crippen molar-refractivity contribution in [2.24, 2.45) is 0 Å². The number of benzene rings is 3. The number of imide groups is 1. The fourth-order valence-corrected chi connectivity index (χ4v) is 9.65. The molecule has 3 N–H and O–H groups in total. The fraction of sp³-hybridized carbons (Fsp3) is 0.396. The fourth-order valence-electron chi connectivity index (χ4n) is 9.39. The first-order valence-electron chi connectivity index (χ1n) is 22.4. The Morgan fingerprint density at radius 1 is 0.859 bits per heavy atom. The van der Waals surface area contributed by atoms with Gasteiger partial charge in [0.1, 0.15) is 35.3 Å². The highest BCUT2D eigenvalue weighted by molar-refractivity contribution is 6.35. The van der Waals surface area contributed by atoms with Crippen LogP contribution in [-0.2, 0) is 20.9 Å². The van der Waals surface area contributed by atoms with E-state index in [2.05, 4.69) is 41.5 Å². The van der Waals surface area contributed by atoms with Crippen LogP contribution in [0.25, 0.3) is 11.0 Å². The number of carbonyl (C=O) groups is 5. The first-order chi connectivity index (χ1) is 31.2. The third-order valence-electron chi connectivity index (χ3n) is 12.9. The van der Waals surface area contributed by atoms with Crippen molar-refractivity contribution in [3.8, 4) is 11.5 Å². The molecule has 3 saturated heterocycles. The van der Waals surface area contributed by atoms with Gasteiger partial charge in [0.2, 0.25) is 17.7 Å². The van der Waals surface area contributed by atoms with Crippen LogP contribution in [-0.4, -0.2) is 117 Å². The molecule has 0 aliphatic carbocycles. The first-order valence-corrected chi connectivity index (χ1v) is 22.7. The van der Waals surface area contributed by atoms with E-state index in [4.69, 9.17) is 16.3 Å². The van der Waals surface area contributed by atoms with E-state index < -0.39 is 11.9 Å². The van der Waals surface area contributed by atoms with Gasteiger partial charge in [-0.3, -0.25) is 34.2 Å². The Bertz CT molecular complexity index is 2560. The molecular formula is C48H52ClN9O6. The summed E-state index contributed by atoms with van der Waals surface area (Å²) in [4.78, 5) is 84.9. The molecule has 5 aromatic rings. The van der Waals surface area contributed by atoms with Gasteiger partial charge in [-0.15, -0.1) is 0 Å². The number of nitrogens with one attached hydrogen (secondary N) is 3. The quantitative estimate of drug-likeness (QED) is 0.0590. The number of amides is 4. The van der Waals surface area contributed by atoms with Crippen LogP contribution in [0.5, 0.6) is 11.5 Å². The molecule has 1 unspecified atom stereocenters. The molecule has 6 heterocycles. The molecule has 4 amide bonds. The predicted molar refractivity (Wildman–Crippen MR) is 243 cm³/mol. The van der Waals surface area contributed by atoms with Crippen LogP contribution in [0.15, 0.2) is 79.3 Å². The molecule has 15 nitrogen and oxygen atoms in total. The van der Waals surface area contributed by atoms with Crippen molar-refractivity contribution in [2.75, 3.05) is 56.0 Å². The minimum Gasteiger partial charge on any atom is -0.457 e. The summed E-state index contributed by atoms with van der Waals surface area (Å²) >= 11 is 6.63. The normalized spacial score (nSPS) is 19.2. The maximum atomic E-state index is 13.9. The highest BCUT2D eigenvalue weighted by atomic mass is 35.5. The van der Waals surface area contributed by atoms with Crippen LogP contribution >= 0.6 is 11.6 Å². The lowest BCUT2D eigenvalue weighted by Crippen LogP contribution is -2.52. The summed E-state index contributed by atoms with van der Waals surface area (Å²) in [7, 11) is 0. The molecule has 0 bridgehead atoms. The van der Waals surface area contributed by atoms with Gasteiger partial charge in [-0.2, -0.15) is 0 Å². The first kappa shape index (κ1) is 43.0. The van der Waals surface area contributed by atoms with Gasteiger partial charge < -0.3 is 29.7 Å². The van der Waals surface area contributed by atoms with Crippen molar-refractivity contribution in [1.29, 1.82) is 0 Å². The number of rotatable bonds is 15. The number of hydrogen-bond donors (Lipinski definition) is 3. The molecule has 16 heteroatoms. The van der Waals surface area contributed by atoms with Gasteiger partial charge in [-0.25, -0.2) is 9.97 Å². The lowest BCUT2D eigenvalue weighted by atomic mass is 10.0. The Morgan fingerprint density at radius 3 is 2.50 bits per heavy atom. The number of likely N-dealkylation sites (tertiary alicyclic amines) is 1. The van der Waals surface area contributed by atoms with E-state index in [1.165, 1.54) is 6.33 Å². The van der Waals surface area contributed by atoms with Crippen LogP contribution in [0.3, 0.4) is 0 Å². The zero-order valence-corrected chi connectivity index (χ0v) is 36.4. The van der Waals surface area contributed by atoms with Gasteiger partial charge in [0.25, 0.3) is 5.91 Å².